The maximum Gasteiger partial charge on any atom is 0.222 e. The zero-order chi connectivity index (χ0) is 23.2. The molecule has 0 radical (unpaired) electrons. The monoisotopic (exact) mass is 571 g/mol. The zero-order valence-corrected chi connectivity index (χ0v) is 22.8. The van der Waals surface area contributed by atoms with Crippen molar-refractivity contribution in [3.05, 3.63) is 35.9 Å². The maximum atomic E-state index is 12.5. The molecule has 1 saturated heterocycles. The highest BCUT2D eigenvalue weighted by Gasteiger charge is 2.23. The van der Waals surface area contributed by atoms with E-state index in [0.29, 0.717) is 44.9 Å². The highest BCUT2D eigenvalue weighted by atomic mass is 127. The summed E-state index contributed by atoms with van der Waals surface area (Å²) < 4.78 is 0. The summed E-state index contributed by atoms with van der Waals surface area (Å²) in [5, 5.41) is 6.68. The van der Waals surface area contributed by atoms with Crippen LogP contribution in [0.4, 0.5) is 0 Å². The lowest BCUT2D eigenvalue weighted by Crippen LogP contribution is -2.50. The minimum atomic E-state index is 0. The molecule has 0 saturated carbocycles. The van der Waals surface area contributed by atoms with Gasteiger partial charge in [-0.15, -0.1) is 24.0 Å². The molecule has 1 heterocycles. The second-order valence-electron chi connectivity index (χ2n) is 8.83. The van der Waals surface area contributed by atoms with Gasteiger partial charge < -0.3 is 20.4 Å². The molecule has 0 aromatic heterocycles. The second-order valence-corrected chi connectivity index (χ2v) is 8.83. The smallest absolute Gasteiger partial charge is 0.222 e. The number of hydrogen-bond acceptors (Lipinski definition) is 3. The van der Waals surface area contributed by atoms with Crippen LogP contribution < -0.4 is 10.6 Å². The molecule has 8 heteroatoms. The van der Waals surface area contributed by atoms with Crippen molar-refractivity contribution in [2.24, 2.45) is 10.9 Å². The van der Waals surface area contributed by atoms with E-state index in [1.165, 1.54) is 5.56 Å². The molecule has 1 aliphatic heterocycles. The number of guanidine groups is 1. The van der Waals surface area contributed by atoms with Gasteiger partial charge in [0.1, 0.15) is 0 Å². The Kier molecular flexibility index (Phi) is 14.8. The number of carbonyl (C=O) groups excluding carboxylic acids is 2. The molecule has 0 bridgehead atoms. The van der Waals surface area contributed by atoms with Crippen molar-refractivity contribution >= 4 is 41.8 Å². The number of rotatable bonds is 11. The molecule has 1 fully saturated rings. The lowest BCUT2D eigenvalue weighted by atomic mass is 10.1. The van der Waals surface area contributed by atoms with Crippen LogP contribution in [-0.2, 0) is 16.0 Å². The van der Waals surface area contributed by atoms with Gasteiger partial charge in [0.15, 0.2) is 5.96 Å². The zero-order valence-electron chi connectivity index (χ0n) is 20.5. The number of piperazine rings is 1. The fourth-order valence-electron chi connectivity index (χ4n) is 3.82. The summed E-state index contributed by atoms with van der Waals surface area (Å²) in [6, 6.07) is 10.4. The van der Waals surface area contributed by atoms with Gasteiger partial charge in [0.25, 0.3) is 0 Å². The summed E-state index contributed by atoms with van der Waals surface area (Å²) in [5.41, 5.74) is 1.31. The van der Waals surface area contributed by atoms with Crippen molar-refractivity contribution in [3.8, 4) is 0 Å². The van der Waals surface area contributed by atoms with Crippen LogP contribution in [0.3, 0.4) is 0 Å². The van der Waals surface area contributed by atoms with E-state index < -0.39 is 0 Å². The number of unbranched alkanes of at least 4 members (excludes halogenated alkanes) is 2. The number of carbonyl (C=O) groups is 2. The molecule has 0 aliphatic carbocycles. The molecule has 33 heavy (non-hydrogen) atoms. The summed E-state index contributed by atoms with van der Waals surface area (Å²) in [6.07, 6.45) is 5.05. The van der Waals surface area contributed by atoms with E-state index in [1.54, 1.807) is 7.05 Å². The van der Waals surface area contributed by atoms with Crippen LogP contribution in [0.1, 0.15) is 51.5 Å². The first kappa shape index (κ1) is 29.2. The summed E-state index contributed by atoms with van der Waals surface area (Å²) >= 11 is 0. The minimum Gasteiger partial charge on any atom is -0.356 e. The second kappa shape index (κ2) is 16.7. The fraction of sp³-hybridized carbons (Fsp3) is 0.640. The van der Waals surface area contributed by atoms with Gasteiger partial charge in [0.05, 0.1) is 0 Å². The number of aliphatic imine (C=N–C) groups is 1. The average Bonchev–Trinajstić information content (AvgIpc) is 2.80. The van der Waals surface area contributed by atoms with Crippen LogP contribution in [0.15, 0.2) is 35.3 Å². The molecule has 7 nitrogen and oxygen atoms in total. The normalized spacial score (nSPS) is 14.1. The number of benzene rings is 1. The molecular formula is C25H42IN5O2. The molecule has 1 aromatic carbocycles. The number of nitrogens with one attached hydrogen (secondary N) is 2. The first-order chi connectivity index (χ1) is 15.5. The summed E-state index contributed by atoms with van der Waals surface area (Å²) in [6.45, 7) is 8.46. The molecule has 2 rings (SSSR count). The molecule has 1 aromatic rings. The van der Waals surface area contributed by atoms with Gasteiger partial charge in [-0.25, -0.2) is 0 Å². The van der Waals surface area contributed by atoms with E-state index in [1.807, 2.05) is 15.9 Å². The first-order valence-electron chi connectivity index (χ1n) is 12.0. The molecule has 1 aliphatic rings. The largest absolute Gasteiger partial charge is 0.356 e. The van der Waals surface area contributed by atoms with E-state index >= 15 is 0 Å². The van der Waals surface area contributed by atoms with E-state index in [4.69, 9.17) is 0 Å². The molecule has 0 unspecified atom stereocenters. The Morgan fingerprint density at radius 1 is 0.909 bits per heavy atom. The van der Waals surface area contributed by atoms with Crippen molar-refractivity contribution in [2.45, 2.75) is 52.4 Å². The van der Waals surface area contributed by atoms with E-state index in [0.717, 1.165) is 44.7 Å². The Labute approximate surface area is 216 Å². The van der Waals surface area contributed by atoms with Crippen LogP contribution in [0.2, 0.25) is 0 Å². The van der Waals surface area contributed by atoms with Crippen LogP contribution >= 0.6 is 24.0 Å². The SMILES string of the molecule is CN=C(NCCCCCC(=O)N1CCN(C(=O)CC(C)C)CC1)NCCc1ccccc1.I. The van der Waals surface area contributed by atoms with Crippen molar-refractivity contribution in [1.82, 2.24) is 20.4 Å². The van der Waals surface area contributed by atoms with Gasteiger partial charge in [-0.3, -0.25) is 14.6 Å². The highest BCUT2D eigenvalue weighted by Crippen LogP contribution is 2.10. The van der Waals surface area contributed by atoms with Gasteiger partial charge in [-0.05, 0) is 30.7 Å². The number of nitrogens with zero attached hydrogens (tertiary/aromatic N) is 3. The third-order valence-corrected chi connectivity index (χ3v) is 5.70. The Balaban J connectivity index is 0.00000544. The van der Waals surface area contributed by atoms with Gasteiger partial charge in [0.2, 0.25) is 11.8 Å². The van der Waals surface area contributed by atoms with Crippen LogP contribution in [0, 0.1) is 5.92 Å². The lowest BCUT2D eigenvalue weighted by molar-refractivity contribution is -0.140. The molecule has 2 N–H and O–H groups in total. The summed E-state index contributed by atoms with van der Waals surface area (Å²) in [7, 11) is 1.78. The third kappa shape index (κ3) is 11.7. The maximum absolute atomic E-state index is 12.5. The first-order valence-corrected chi connectivity index (χ1v) is 12.0. The van der Waals surface area contributed by atoms with E-state index in [-0.39, 0.29) is 35.8 Å². The standard InChI is InChI=1S/C25H41N5O2.HI/c1-21(2)20-24(32)30-18-16-29(17-19-30)23(31)12-8-5-9-14-27-25(26-3)28-15-13-22-10-6-4-7-11-22;/h4,6-7,10-11,21H,5,8-9,12-20H2,1-3H3,(H2,26,27,28);1H. The van der Waals surface area contributed by atoms with Crippen molar-refractivity contribution in [1.29, 1.82) is 0 Å². The van der Waals surface area contributed by atoms with Crippen LogP contribution in [0.25, 0.3) is 0 Å². The van der Waals surface area contributed by atoms with Crippen LogP contribution in [-0.4, -0.2) is 73.9 Å². The topological polar surface area (TPSA) is 77.0 Å². The molecule has 0 spiro atoms. The van der Waals surface area contributed by atoms with Crippen molar-refractivity contribution in [2.75, 3.05) is 46.3 Å². The Morgan fingerprint density at radius 3 is 2.12 bits per heavy atom. The van der Waals surface area contributed by atoms with E-state index in [9.17, 15) is 9.59 Å². The third-order valence-electron chi connectivity index (χ3n) is 5.70. The molecule has 2 amide bonds. The van der Waals surface area contributed by atoms with E-state index in [2.05, 4.69) is 53.7 Å². The van der Waals surface area contributed by atoms with Gasteiger partial charge in [0, 0.05) is 59.2 Å². The molecule has 186 valence electrons. The Morgan fingerprint density at radius 2 is 1.52 bits per heavy atom. The van der Waals surface area contributed by atoms with Crippen molar-refractivity contribution < 1.29 is 9.59 Å². The molecular weight excluding hydrogens is 529 g/mol. The lowest BCUT2D eigenvalue weighted by Gasteiger charge is -2.35. The number of amides is 2. The quantitative estimate of drug-likeness (QED) is 0.185. The average molecular weight is 572 g/mol. The minimum absolute atomic E-state index is 0. The van der Waals surface area contributed by atoms with Crippen LogP contribution in [0.5, 0.6) is 0 Å². The van der Waals surface area contributed by atoms with Gasteiger partial charge >= 0.3 is 0 Å². The Hall–Kier alpha value is -1.84. The number of hydrogen-bond donors (Lipinski definition) is 2. The Bertz CT molecular complexity index is 719. The predicted molar refractivity (Wildman–Crippen MR) is 146 cm³/mol. The van der Waals surface area contributed by atoms with Crippen molar-refractivity contribution in [3.63, 3.8) is 0 Å². The fourth-order valence-corrected chi connectivity index (χ4v) is 3.82. The highest BCUT2D eigenvalue weighted by molar-refractivity contribution is 14.0. The summed E-state index contributed by atoms with van der Waals surface area (Å²) in [4.78, 5) is 32.7. The van der Waals surface area contributed by atoms with Gasteiger partial charge in [-0.2, -0.15) is 0 Å². The number of halogens is 1. The van der Waals surface area contributed by atoms with Gasteiger partial charge in [-0.1, -0.05) is 50.6 Å². The molecule has 0 atom stereocenters. The summed E-state index contributed by atoms with van der Waals surface area (Å²) in [5.74, 6) is 1.62. The predicted octanol–water partition coefficient (Wildman–Crippen LogP) is 3.29.